The lowest BCUT2D eigenvalue weighted by molar-refractivity contribution is 0.0511. The first kappa shape index (κ1) is 18.0. The molecule has 0 amide bonds. The first-order chi connectivity index (χ1) is 12.6. The van der Waals surface area contributed by atoms with E-state index in [-0.39, 0.29) is 0 Å². The van der Waals surface area contributed by atoms with Crippen molar-refractivity contribution in [3.05, 3.63) is 95.6 Å². The second-order valence-corrected chi connectivity index (χ2v) is 6.11. The Bertz CT molecular complexity index is 782. The van der Waals surface area contributed by atoms with Gasteiger partial charge in [0.05, 0.1) is 20.3 Å². The Hall–Kier alpha value is -2.82. The third-order valence-electron chi connectivity index (χ3n) is 4.67. The molecule has 1 atom stereocenters. The molecular weight excluding hydrogens is 326 g/mol. The lowest BCUT2D eigenvalue weighted by Gasteiger charge is -2.35. The molecule has 0 heterocycles. The van der Waals surface area contributed by atoms with Crippen LogP contribution in [-0.2, 0) is 5.60 Å². The molecule has 0 radical (unpaired) electrons. The fourth-order valence-electron chi connectivity index (χ4n) is 3.12. The van der Waals surface area contributed by atoms with Crippen molar-refractivity contribution in [1.82, 2.24) is 0 Å². The van der Waals surface area contributed by atoms with Gasteiger partial charge in [-0.05, 0) is 41.0 Å². The summed E-state index contributed by atoms with van der Waals surface area (Å²) in [7, 11) is 3.22. The van der Waals surface area contributed by atoms with Gasteiger partial charge in [0.1, 0.15) is 17.1 Å². The molecule has 3 rings (SSSR count). The summed E-state index contributed by atoms with van der Waals surface area (Å²) in [6.07, 6.45) is 0. The van der Waals surface area contributed by atoms with Gasteiger partial charge in [-0.2, -0.15) is 0 Å². The van der Waals surface area contributed by atoms with Gasteiger partial charge in [0.25, 0.3) is 0 Å². The van der Waals surface area contributed by atoms with Crippen LogP contribution in [0.2, 0.25) is 0 Å². The van der Waals surface area contributed by atoms with Crippen molar-refractivity contribution in [3.8, 4) is 11.5 Å². The minimum absolute atomic E-state index is 0.648. The average Bonchev–Trinajstić information content (AvgIpc) is 2.73. The normalized spacial score (nSPS) is 12.5. The minimum Gasteiger partial charge on any atom is -0.497 e. The monoisotopic (exact) mass is 349 g/mol. The lowest BCUT2D eigenvalue weighted by atomic mass is 9.78. The van der Waals surface area contributed by atoms with E-state index >= 15 is 0 Å². The van der Waals surface area contributed by atoms with Gasteiger partial charge >= 0.3 is 0 Å². The van der Waals surface area contributed by atoms with Gasteiger partial charge in [-0.1, -0.05) is 54.6 Å². The number of rotatable bonds is 6. The zero-order chi connectivity index (χ0) is 18.6. The van der Waals surface area contributed by atoms with Crippen LogP contribution in [0.5, 0.6) is 11.5 Å². The molecule has 0 aliphatic carbocycles. The molecule has 0 saturated heterocycles. The molecule has 0 saturated carbocycles. The van der Waals surface area contributed by atoms with Crippen LogP contribution in [0.15, 0.2) is 78.9 Å². The number of hydrogen-bond acceptors (Lipinski definition) is 4. The zero-order valence-electron chi connectivity index (χ0n) is 14.9. The maximum Gasteiger partial charge on any atom is 0.134 e. The molecule has 0 bridgehead atoms. The summed E-state index contributed by atoms with van der Waals surface area (Å²) in [5.74, 6) is 1.44. The molecule has 3 aromatic carbocycles. The molecule has 0 aliphatic heterocycles. The average molecular weight is 349 g/mol. The number of methoxy groups -OCH3 is 2. The number of benzene rings is 3. The molecular formula is C22H23NO3. The quantitative estimate of drug-likeness (QED) is 0.713. The van der Waals surface area contributed by atoms with Crippen LogP contribution in [0.25, 0.3) is 0 Å². The highest BCUT2D eigenvalue weighted by atomic mass is 16.5. The van der Waals surface area contributed by atoms with Gasteiger partial charge in [0.2, 0.25) is 0 Å². The van der Waals surface area contributed by atoms with Crippen molar-refractivity contribution >= 4 is 0 Å². The summed E-state index contributed by atoms with van der Waals surface area (Å²) in [6.45, 7) is 0. The molecule has 4 nitrogen and oxygen atoms in total. The number of nitrogens with two attached hydrogens (primary N) is 1. The zero-order valence-corrected chi connectivity index (χ0v) is 14.9. The van der Waals surface area contributed by atoms with E-state index in [1.807, 2.05) is 78.9 Å². The smallest absolute Gasteiger partial charge is 0.134 e. The van der Waals surface area contributed by atoms with E-state index in [4.69, 9.17) is 15.2 Å². The van der Waals surface area contributed by atoms with Crippen LogP contribution in [-0.4, -0.2) is 19.3 Å². The molecule has 0 spiro atoms. The SMILES string of the molecule is COc1ccc(C(O)(c2ccc(OC)cc2)C(N)c2ccccc2)cc1. The van der Waals surface area contributed by atoms with E-state index < -0.39 is 11.6 Å². The molecule has 3 N–H and O–H groups in total. The number of hydrogen-bond donors (Lipinski definition) is 2. The maximum atomic E-state index is 11.8. The molecule has 0 fully saturated rings. The molecule has 0 aliphatic rings. The number of ether oxygens (including phenoxy) is 2. The third-order valence-corrected chi connectivity index (χ3v) is 4.67. The Morgan fingerprint density at radius 3 is 1.54 bits per heavy atom. The fraction of sp³-hybridized carbons (Fsp3) is 0.182. The molecule has 3 aromatic rings. The highest BCUT2D eigenvalue weighted by Crippen LogP contribution is 2.40. The summed E-state index contributed by atoms with van der Waals surface area (Å²) in [6, 6.07) is 23.6. The second kappa shape index (κ2) is 7.60. The summed E-state index contributed by atoms with van der Waals surface area (Å²) >= 11 is 0. The Labute approximate surface area is 153 Å². The highest BCUT2D eigenvalue weighted by Gasteiger charge is 2.39. The van der Waals surface area contributed by atoms with Gasteiger partial charge < -0.3 is 20.3 Å². The van der Waals surface area contributed by atoms with Crippen LogP contribution in [0, 0.1) is 0 Å². The van der Waals surface area contributed by atoms with Crippen LogP contribution in [0.4, 0.5) is 0 Å². The van der Waals surface area contributed by atoms with Crippen LogP contribution in [0.3, 0.4) is 0 Å². The summed E-state index contributed by atoms with van der Waals surface area (Å²) < 4.78 is 10.5. The predicted octanol–water partition coefficient (Wildman–Crippen LogP) is 3.64. The van der Waals surface area contributed by atoms with Crippen LogP contribution in [0.1, 0.15) is 22.7 Å². The van der Waals surface area contributed by atoms with Gasteiger partial charge in [-0.15, -0.1) is 0 Å². The van der Waals surface area contributed by atoms with Gasteiger partial charge in [-0.25, -0.2) is 0 Å². The first-order valence-electron chi connectivity index (χ1n) is 8.41. The van der Waals surface area contributed by atoms with E-state index in [2.05, 4.69) is 0 Å². The van der Waals surface area contributed by atoms with Crippen molar-refractivity contribution in [2.24, 2.45) is 5.73 Å². The van der Waals surface area contributed by atoms with E-state index in [1.54, 1.807) is 14.2 Å². The lowest BCUT2D eigenvalue weighted by Crippen LogP contribution is -2.39. The Balaban J connectivity index is 2.13. The molecule has 4 heteroatoms. The maximum absolute atomic E-state index is 11.8. The molecule has 0 aromatic heterocycles. The summed E-state index contributed by atoms with van der Waals surface area (Å²) in [5, 5.41) is 11.8. The highest BCUT2D eigenvalue weighted by molar-refractivity contribution is 5.44. The molecule has 134 valence electrons. The van der Waals surface area contributed by atoms with Gasteiger partial charge in [0.15, 0.2) is 0 Å². The van der Waals surface area contributed by atoms with E-state index in [0.717, 1.165) is 17.1 Å². The van der Waals surface area contributed by atoms with E-state index in [9.17, 15) is 5.11 Å². The van der Waals surface area contributed by atoms with Crippen molar-refractivity contribution in [1.29, 1.82) is 0 Å². The van der Waals surface area contributed by atoms with Crippen LogP contribution >= 0.6 is 0 Å². The van der Waals surface area contributed by atoms with Crippen molar-refractivity contribution in [2.45, 2.75) is 11.6 Å². The standard InChI is InChI=1S/C22H23NO3/c1-25-19-12-8-17(9-13-19)22(24,18-10-14-20(26-2)15-11-18)21(23)16-6-4-3-5-7-16/h3-15,21,24H,23H2,1-2H3. The Morgan fingerprint density at radius 2 is 1.15 bits per heavy atom. The summed E-state index contributed by atoms with van der Waals surface area (Å²) in [5.41, 5.74) is 7.40. The van der Waals surface area contributed by atoms with Crippen molar-refractivity contribution < 1.29 is 14.6 Å². The fourth-order valence-corrected chi connectivity index (χ4v) is 3.12. The first-order valence-corrected chi connectivity index (χ1v) is 8.41. The minimum atomic E-state index is -1.40. The van der Waals surface area contributed by atoms with E-state index in [1.165, 1.54) is 0 Å². The number of aliphatic hydroxyl groups is 1. The van der Waals surface area contributed by atoms with Gasteiger partial charge in [-0.3, -0.25) is 0 Å². The Morgan fingerprint density at radius 1 is 0.731 bits per heavy atom. The Kier molecular flexibility index (Phi) is 5.26. The third kappa shape index (κ3) is 3.29. The molecule has 26 heavy (non-hydrogen) atoms. The second-order valence-electron chi connectivity index (χ2n) is 6.11. The van der Waals surface area contributed by atoms with Crippen LogP contribution < -0.4 is 15.2 Å². The van der Waals surface area contributed by atoms with Crippen molar-refractivity contribution in [3.63, 3.8) is 0 Å². The molecule has 1 unspecified atom stereocenters. The topological polar surface area (TPSA) is 64.7 Å². The van der Waals surface area contributed by atoms with Gasteiger partial charge in [0, 0.05) is 0 Å². The van der Waals surface area contributed by atoms with Crippen molar-refractivity contribution in [2.75, 3.05) is 14.2 Å². The van der Waals surface area contributed by atoms with E-state index in [0.29, 0.717) is 11.1 Å². The summed E-state index contributed by atoms with van der Waals surface area (Å²) in [4.78, 5) is 0. The predicted molar refractivity (Wildman–Crippen MR) is 102 cm³/mol. The largest absolute Gasteiger partial charge is 0.497 e.